The lowest BCUT2D eigenvalue weighted by Gasteiger charge is -2.24. The van der Waals surface area contributed by atoms with Crippen LogP contribution >= 0.6 is 0 Å². The molecule has 0 aromatic heterocycles. The Morgan fingerprint density at radius 1 is 1.21 bits per heavy atom. The smallest absolute Gasteiger partial charge is 0.0897 e. The molecule has 2 atom stereocenters. The van der Waals surface area contributed by atoms with Crippen LogP contribution in [-0.4, -0.2) is 61.9 Å². The van der Waals surface area contributed by atoms with E-state index in [1.807, 2.05) is 0 Å². The number of hydrogen-bond donors (Lipinski definition) is 3. The van der Waals surface area contributed by atoms with Crippen molar-refractivity contribution < 1.29 is 19.7 Å². The molecule has 1 saturated carbocycles. The largest absolute Gasteiger partial charge is 0.396 e. The van der Waals surface area contributed by atoms with Crippen molar-refractivity contribution in [3.05, 3.63) is 0 Å². The normalized spacial score (nSPS) is 20.4. The summed E-state index contributed by atoms with van der Waals surface area (Å²) >= 11 is 0. The van der Waals surface area contributed by atoms with Gasteiger partial charge in [0, 0.05) is 26.3 Å². The molecule has 19 heavy (non-hydrogen) atoms. The summed E-state index contributed by atoms with van der Waals surface area (Å²) in [4.78, 5) is 0. The molecule has 0 aromatic rings. The van der Waals surface area contributed by atoms with Gasteiger partial charge in [-0.2, -0.15) is 0 Å². The maximum atomic E-state index is 9.87. The van der Waals surface area contributed by atoms with Gasteiger partial charge in [0.2, 0.25) is 0 Å². The lowest BCUT2D eigenvalue weighted by atomic mass is 9.98. The zero-order valence-electron chi connectivity index (χ0n) is 12.0. The van der Waals surface area contributed by atoms with Gasteiger partial charge in [0.25, 0.3) is 0 Å². The van der Waals surface area contributed by atoms with E-state index >= 15 is 0 Å². The van der Waals surface area contributed by atoms with Crippen molar-refractivity contribution >= 4 is 0 Å². The van der Waals surface area contributed by atoms with E-state index in [4.69, 9.17) is 14.6 Å². The summed E-state index contributed by atoms with van der Waals surface area (Å²) in [6.07, 6.45) is 6.49. The summed E-state index contributed by atoms with van der Waals surface area (Å²) < 4.78 is 10.8. The molecule has 0 amide bonds. The van der Waals surface area contributed by atoms with Crippen LogP contribution in [0.2, 0.25) is 0 Å². The Balaban J connectivity index is 2.09. The first-order valence-corrected chi connectivity index (χ1v) is 7.39. The van der Waals surface area contributed by atoms with Crippen molar-refractivity contribution in [3.63, 3.8) is 0 Å². The summed E-state index contributed by atoms with van der Waals surface area (Å²) in [5, 5.41) is 22.0. The molecule has 0 spiro atoms. The molecular weight excluding hydrogens is 246 g/mol. The van der Waals surface area contributed by atoms with Gasteiger partial charge >= 0.3 is 0 Å². The second kappa shape index (κ2) is 10.6. The first-order chi connectivity index (χ1) is 9.26. The van der Waals surface area contributed by atoms with Crippen LogP contribution in [0.4, 0.5) is 0 Å². The zero-order chi connectivity index (χ0) is 13.9. The Kier molecular flexibility index (Phi) is 9.38. The molecule has 0 aromatic carbocycles. The average molecular weight is 275 g/mol. The molecule has 2 unspecified atom stereocenters. The molecule has 1 rings (SSSR count). The van der Waals surface area contributed by atoms with Gasteiger partial charge in [0.1, 0.15) is 0 Å². The highest BCUT2D eigenvalue weighted by atomic mass is 16.5. The van der Waals surface area contributed by atoms with E-state index in [0.717, 1.165) is 12.8 Å². The molecule has 0 saturated heterocycles. The minimum atomic E-state index is -0.500. The van der Waals surface area contributed by atoms with Crippen LogP contribution in [0.3, 0.4) is 0 Å². The van der Waals surface area contributed by atoms with Gasteiger partial charge in [0.05, 0.1) is 25.4 Å². The highest BCUT2D eigenvalue weighted by Gasteiger charge is 2.16. The number of aliphatic hydroxyl groups is 2. The predicted molar refractivity (Wildman–Crippen MR) is 74.2 cm³/mol. The van der Waals surface area contributed by atoms with Crippen molar-refractivity contribution in [2.24, 2.45) is 0 Å². The Morgan fingerprint density at radius 3 is 2.58 bits per heavy atom. The fourth-order valence-electron chi connectivity index (χ4n) is 2.44. The van der Waals surface area contributed by atoms with Crippen LogP contribution in [-0.2, 0) is 9.47 Å². The monoisotopic (exact) mass is 275 g/mol. The van der Waals surface area contributed by atoms with Crippen LogP contribution in [0.25, 0.3) is 0 Å². The third-order valence-electron chi connectivity index (χ3n) is 3.56. The molecule has 1 fully saturated rings. The standard InChI is InChI=1S/C14H29NO4/c1-18-10-12(7-8-16)15-9-13(17)11-19-14-5-3-2-4-6-14/h12-17H,2-11H2,1H3. The maximum absolute atomic E-state index is 9.87. The summed E-state index contributed by atoms with van der Waals surface area (Å²) in [5.41, 5.74) is 0. The van der Waals surface area contributed by atoms with E-state index in [1.165, 1.54) is 19.3 Å². The Hall–Kier alpha value is -0.200. The number of rotatable bonds is 10. The lowest BCUT2D eigenvalue weighted by Crippen LogP contribution is -2.41. The van der Waals surface area contributed by atoms with Gasteiger partial charge in [-0.25, -0.2) is 0 Å². The Bertz CT molecular complexity index is 204. The first kappa shape index (κ1) is 16.9. The van der Waals surface area contributed by atoms with Gasteiger partial charge < -0.3 is 25.0 Å². The number of methoxy groups -OCH3 is 1. The molecule has 1 aliphatic carbocycles. The van der Waals surface area contributed by atoms with Gasteiger partial charge in [-0.05, 0) is 19.3 Å². The van der Waals surface area contributed by atoms with E-state index < -0.39 is 6.10 Å². The second-order valence-corrected chi connectivity index (χ2v) is 5.32. The zero-order valence-corrected chi connectivity index (χ0v) is 12.0. The van der Waals surface area contributed by atoms with Gasteiger partial charge in [-0.1, -0.05) is 19.3 Å². The summed E-state index contributed by atoms with van der Waals surface area (Å²) in [5.74, 6) is 0. The molecular formula is C14H29NO4. The van der Waals surface area contributed by atoms with Crippen LogP contribution in [0, 0.1) is 0 Å². The topological polar surface area (TPSA) is 71.0 Å². The highest BCUT2D eigenvalue weighted by Crippen LogP contribution is 2.20. The molecule has 0 heterocycles. The molecule has 1 aliphatic rings. The maximum Gasteiger partial charge on any atom is 0.0897 e. The molecule has 0 bridgehead atoms. The Labute approximate surface area is 116 Å². The average Bonchev–Trinajstić information content (AvgIpc) is 2.44. The quantitative estimate of drug-likeness (QED) is 0.547. The van der Waals surface area contributed by atoms with Crippen LogP contribution in [0.5, 0.6) is 0 Å². The van der Waals surface area contributed by atoms with Crippen molar-refractivity contribution in [2.45, 2.75) is 56.8 Å². The summed E-state index contributed by atoms with van der Waals surface area (Å²) in [6, 6.07) is 0.0827. The van der Waals surface area contributed by atoms with E-state index in [1.54, 1.807) is 7.11 Å². The van der Waals surface area contributed by atoms with Gasteiger partial charge in [0.15, 0.2) is 0 Å². The SMILES string of the molecule is COCC(CCO)NCC(O)COC1CCCCC1. The highest BCUT2D eigenvalue weighted by molar-refractivity contribution is 4.70. The summed E-state index contributed by atoms with van der Waals surface area (Å²) in [6.45, 7) is 1.52. The molecule has 0 aliphatic heterocycles. The number of aliphatic hydroxyl groups excluding tert-OH is 2. The fourth-order valence-corrected chi connectivity index (χ4v) is 2.44. The Morgan fingerprint density at radius 2 is 1.95 bits per heavy atom. The van der Waals surface area contributed by atoms with Crippen molar-refractivity contribution in [2.75, 3.05) is 33.5 Å². The minimum Gasteiger partial charge on any atom is -0.396 e. The van der Waals surface area contributed by atoms with Gasteiger partial charge in [-0.15, -0.1) is 0 Å². The van der Waals surface area contributed by atoms with Crippen LogP contribution in [0.15, 0.2) is 0 Å². The lowest BCUT2D eigenvalue weighted by molar-refractivity contribution is -0.0244. The predicted octanol–water partition coefficient (Wildman–Crippen LogP) is 0.684. The third-order valence-corrected chi connectivity index (χ3v) is 3.56. The second-order valence-electron chi connectivity index (χ2n) is 5.32. The molecule has 0 radical (unpaired) electrons. The van der Waals surface area contributed by atoms with Crippen molar-refractivity contribution in [3.8, 4) is 0 Å². The molecule has 5 heteroatoms. The molecule has 3 N–H and O–H groups in total. The van der Waals surface area contributed by atoms with Crippen molar-refractivity contribution in [1.29, 1.82) is 0 Å². The van der Waals surface area contributed by atoms with Crippen LogP contribution < -0.4 is 5.32 Å². The van der Waals surface area contributed by atoms with Crippen LogP contribution in [0.1, 0.15) is 38.5 Å². The fraction of sp³-hybridized carbons (Fsp3) is 1.00. The third kappa shape index (κ3) is 7.84. The summed E-state index contributed by atoms with van der Waals surface area (Å²) in [7, 11) is 1.63. The van der Waals surface area contributed by atoms with Gasteiger partial charge in [-0.3, -0.25) is 0 Å². The van der Waals surface area contributed by atoms with E-state index in [-0.39, 0.29) is 12.6 Å². The molecule has 5 nitrogen and oxygen atoms in total. The van der Waals surface area contributed by atoms with E-state index in [0.29, 0.717) is 32.3 Å². The van der Waals surface area contributed by atoms with E-state index in [9.17, 15) is 5.11 Å². The minimum absolute atomic E-state index is 0.0827. The van der Waals surface area contributed by atoms with Crippen molar-refractivity contribution in [1.82, 2.24) is 5.32 Å². The number of hydrogen-bond acceptors (Lipinski definition) is 5. The first-order valence-electron chi connectivity index (χ1n) is 7.39. The molecule has 114 valence electrons. The number of ether oxygens (including phenoxy) is 2. The number of nitrogens with one attached hydrogen (secondary N) is 1. The van der Waals surface area contributed by atoms with E-state index in [2.05, 4.69) is 5.32 Å².